The molecule has 0 saturated carbocycles. The first-order chi connectivity index (χ1) is 15.0. The summed E-state index contributed by atoms with van der Waals surface area (Å²) in [5.74, 6) is -1.42. The molecule has 0 N–H and O–H groups in total. The van der Waals surface area contributed by atoms with Crippen LogP contribution in [0.15, 0.2) is 48.7 Å². The van der Waals surface area contributed by atoms with Gasteiger partial charge in [0.2, 0.25) is 0 Å². The van der Waals surface area contributed by atoms with Gasteiger partial charge in [-0.3, -0.25) is 4.79 Å². The third-order valence-corrected chi connectivity index (χ3v) is 5.64. The van der Waals surface area contributed by atoms with Gasteiger partial charge in [-0.15, -0.1) is 0 Å². The van der Waals surface area contributed by atoms with Crippen LogP contribution in [-0.2, 0) is 6.42 Å². The van der Waals surface area contributed by atoms with Crippen LogP contribution >= 0.6 is 11.6 Å². The summed E-state index contributed by atoms with van der Waals surface area (Å²) in [7, 11) is 0. The van der Waals surface area contributed by atoms with Crippen LogP contribution in [0.25, 0.3) is 5.69 Å². The van der Waals surface area contributed by atoms with E-state index in [4.69, 9.17) is 16.3 Å². The Morgan fingerprint density at radius 2 is 1.97 bits per heavy atom. The van der Waals surface area contributed by atoms with Gasteiger partial charge in [0, 0.05) is 37.0 Å². The van der Waals surface area contributed by atoms with Crippen molar-refractivity contribution < 1.29 is 18.3 Å². The Balaban J connectivity index is 1.44. The fourth-order valence-corrected chi connectivity index (χ4v) is 4.00. The number of amides is 1. The van der Waals surface area contributed by atoms with Crippen LogP contribution in [0.3, 0.4) is 0 Å². The first-order valence-electron chi connectivity index (χ1n) is 10.2. The number of nitrogens with zero attached hydrogens (tertiary/aromatic N) is 3. The van der Waals surface area contributed by atoms with Crippen molar-refractivity contribution in [3.05, 3.63) is 76.6 Å². The lowest BCUT2D eigenvalue weighted by atomic mass is 10.1. The summed E-state index contributed by atoms with van der Waals surface area (Å²) in [6.45, 7) is 2.95. The van der Waals surface area contributed by atoms with E-state index in [2.05, 4.69) is 5.10 Å². The molecule has 1 fully saturated rings. The molecule has 1 aliphatic heterocycles. The maximum absolute atomic E-state index is 13.8. The summed E-state index contributed by atoms with van der Waals surface area (Å²) >= 11 is 6.10. The third-order valence-electron chi connectivity index (χ3n) is 5.40. The molecular weight excluding hydrogens is 424 g/mol. The van der Waals surface area contributed by atoms with Gasteiger partial charge in [0.15, 0.2) is 11.6 Å². The molecular formula is C23H22ClF2N3O2. The Kier molecular flexibility index (Phi) is 6.23. The summed E-state index contributed by atoms with van der Waals surface area (Å²) in [4.78, 5) is 14.9. The normalized spacial score (nSPS) is 14.6. The molecule has 1 aromatic heterocycles. The second-order valence-corrected chi connectivity index (χ2v) is 7.87. The maximum Gasteiger partial charge on any atom is 0.257 e. The number of hydrogen-bond donors (Lipinski definition) is 0. The number of piperidine rings is 1. The Labute approximate surface area is 184 Å². The predicted molar refractivity (Wildman–Crippen MR) is 114 cm³/mol. The van der Waals surface area contributed by atoms with E-state index in [1.807, 2.05) is 19.1 Å². The lowest BCUT2D eigenvalue weighted by molar-refractivity contribution is 0.0587. The average molecular weight is 446 g/mol. The molecule has 0 bridgehead atoms. The van der Waals surface area contributed by atoms with Crippen molar-refractivity contribution in [1.29, 1.82) is 0 Å². The van der Waals surface area contributed by atoms with Gasteiger partial charge in [-0.05, 0) is 36.8 Å². The van der Waals surface area contributed by atoms with Crippen molar-refractivity contribution in [3.63, 3.8) is 0 Å². The van der Waals surface area contributed by atoms with Crippen molar-refractivity contribution >= 4 is 17.5 Å². The molecule has 8 heteroatoms. The first kappa shape index (κ1) is 21.3. The lowest BCUT2D eigenvalue weighted by Crippen LogP contribution is -2.42. The number of benzene rings is 2. The highest BCUT2D eigenvalue weighted by Crippen LogP contribution is 2.25. The van der Waals surface area contributed by atoms with Crippen LogP contribution in [0.5, 0.6) is 5.75 Å². The summed E-state index contributed by atoms with van der Waals surface area (Å²) < 4.78 is 34.3. The largest absolute Gasteiger partial charge is 0.487 e. The van der Waals surface area contributed by atoms with Crippen LogP contribution in [0.4, 0.5) is 8.78 Å². The summed E-state index contributed by atoms with van der Waals surface area (Å²) in [6.07, 6.45) is 3.12. The molecule has 5 nitrogen and oxygen atoms in total. The average Bonchev–Trinajstić information content (AvgIpc) is 3.20. The second-order valence-electron chi connectivity index (χ2n) is 7.43. The monoisotopic (exact) mass is 445 g/mol. The molecule has 1 aliphatic rings. The summed E-state index contributed by atoms with van der Waals surface area (Å²) in [5, 5.41) is 5.01. The molecule has 162 valence electrons. The molecule has 31 heavy (non-hydrogen) atoms. The van der Waals surface area contributed by atoms with Gasteiger partial charge >= 0.3 is 0 Å². The van der Waals surface area contributed by atoms with Crippen molar-refractivity contribution in [1.82, 2.24) is 14.7 Å². The van der Waals surface area contributed by atoms with Gasteiger partial charge in [-0.1, -0.05) is 24.6 Å². The van der Waals surface area contributed by atoms with Gasteiger partial charge < -0.3 is 9.64 Å². The van der Waals surface area contributed by atoms with Gasteiger partial charge in [-0.25, -0.2) is 13.5 Å². The van der Waals surface area contributed by atoms with Crippen molar-refractivity contribution in [3.8, 4) is 11.4 Å². The van der Waals surface area contributed by atoms with E-state index in [0.717, 1.165) is 17.4 Å². The topological polar surface area (TPSA) is 47.4 Å². The van der Waals surface area contributed by atoms with E-state index < -0.39 is 11.6 Å². The molecule has 2 heterocycles. The summed E-state index contributed by atoms with van der Waals surface area (Å²) in [5.41, 5.74) is 2.18. The quantitative estimate of drug-likeness (QED) is 0.552. The molecule has 4 rings (SSSR count). The van der Waals surface area contributed by atoms with Crippen molar-refractivity contribution in [2.24, 2.45) is 0 Å². The van der Waals surface area contributed by atoms with Crippen molar-refractivity contribution in [2.45, 2.75) is 32.3 Å². The Bertz CT molecular complexity index is 1090. The minimum absolute atomic E-state index is 0.0299. The van der Waals surface area contributed by atoms with Crippen LogP contribution in [-0.4, -0.2) is 39.8 Å². The number of aromatic nitrogens is 2. The standard InChI is InChI=1S/C23H22ClF2N3O2/c1-2-21-19(14-27-29(21)17-5-3-4-15(24)12-17)23(30)28-10-8-18(9-11-28)31-22-7-6-16(25)13-20(22)26/h3-7,12-14,18H,2,8-11H2,1H3. The molecule has 2 aromatic carbocycles. The Hall–Kier alpha value is -2.93. The third kappa shape index (κ3) is 4.56. The highest BCUT2D eigenvalue weighted by Gasteiger charge is 2.28. The van der Waals surface area contributed by atoms with Crippen LogP contribution in [0.1, 0.15) is 35.8 Å². The summed E-state index contributed by atoms with van der Waals surface area (Å²) in [6, 6.07) is 10.6. The molecule has 0 unspecified atom stereocenters. The van der Waals surface area contributed by atoms with Crippen LogP contribution < -0.4 is 4.74 Å². The Morgan fingerprint density at radius 3 is 2.65 bits per heavy atom. The molecule has 0 aliphatic carbocycles. The molecule has 0 atom stereocenters. The predicted octanol–water partition coefficient (Wildman–Crippen LogP) is 5.05. The number of rotatable bonds is 5. The van der Waals surface area contributed by atoms with Crippen LogP contribution in [0.2, 0.25) is 5.02 Å². The molecule has 1 amide bonds. The number of likely N-dealkylation sites (tertiary alicyclic amines) is 1. The van der Waals surface area contributed by atoms with E-state index in [-0.39, 0.29) is 17.8 Å². The molecule has 3 aromatic rings. The number of carbonyl (C=O) groups excluding carboxylic acids is 1. The highest BCUT2D eigenvalue weighted by molar-refractivity contribution is 6.30. The van der Waals surface area contributed by atoms with Crippen LogP contribution in [0, 0.1) is 11.6 Å². The minimum atomic E-state index is -0.723. The van der Waals surface area contributed by atoms with Gasteiger partial charge in [0.25, 0.3) is 5.91 Å². The number of hydrogen-bond acceptors (Lipinski definition) is 3. The van der Waals surface area contributed by atoms with E-state index in [0.29, 0.717) is 42.9 Å². The molecule has 0 radical (unpaired) electrons. The number of halogens is 3. The first-order valence-corrected chi connectivity index (χ1v) is 10.6. The fourth-order valence-electron chi connectivity index (χ4n) is 3.82. The number of ether oxygens (including phenoxy) is 1. The van der Waals surface area contributed by atoms with Gasteiger partial charge in [-0.2, -0.15) is 5.10 Å². The number of carbonyl (C=O) groups is 1. The smallest absolute Gasteiger partial charge is 0.257 e. The zero-order valence-corrected chi connectivity index (χ0v) is 17.8. The Morgan fingerprint density at radius 1 is 1.19 bits per heavy atom. The maximum atomic E-state index is 13.8. The van der Waals surface area contributed by atoms with E-state index in [9.17, 15) is 13.6 Å². The zero-order valence-electron chi connectivity index (χ0n) is 17.0. The van der Waals surface area contributed by atoms with Crippen molar-refractivity contribution in [2.75, 3.05) is 13.1 Å². The van der Waals surface area contributed by atoms with E-state index in [1.165, 1.54) is 12.1 Å². The highest BCUT2D eigenvalue weighted by atomic mass is 35.5. The van der Waals surface area contributed by atoms with Gasteiger partial charge in [0.1, 0.15) is 11.9 Å². The minimum Gasteiger partial charge on any atom is -0.487 e. The van der Waals surface area contributed by atoms with E-state index >= 15 is 0 Å². The van der Waals surface area contributed by atoms with Gasteiger partial charge in [0.05, 0.1) is 23.1 Å². The van der Waals surface area contributed by atoms with E-state index in [1.54, 1.807) is 27.9 Å². The lowest BCUT2D eigenvalue weighted by Gasteiger charge is -2.32. The second kappa shape index (κ2) is 9.06. The zero-order chi connectivity index (χ0) is 22.0. The molecule has 1 saturated heterocycles. The molecule has 0 spiro atoms. The fraction of sp³-hybridized carbons (Fsp3) is 0.304. The SMILES string of the molecule is CCc1c(C(=O)N2CCC(Oc3ccc(F)cc3F)CC2)cnn1-c1cccc(Cl)c1.